The van der Waals surface area contributed by atoms with Crippen molar-refractivity contribution in [3.05, 3.63) is 28.8 Å². The first kappa shape index (κ1) is 25.7. The Balaban J connectivity index is 0.000000696. The molecule has 12 nitrogen and oxygen atoms in total. The Labute approximate surface area is 189 Å². The number of likely N-dealkylation sites (N-methyl/N-ethyl adjacent to an activating group) is 1. The van der Waals surface area contributed by atoms with Gasteiger partial charge in [-0.05, 0) is 33.2 Å². The molecule has 1 aromatic heterocycles. The highest BCUT2D eigenvalue weighted by atomic mass is 32.2. The second-order valence-electron chi connectivity index (χ2n) is 7.40. The minimum absolute atomic E-state index is 0.0153. The van der Waals surface area contributed by atoms with E-state index in [0.717, 1.165) is 0 Å². The molecule has 5 N–H and O–H groups in total. The van der Waals surface area contributed by atoms with Gasteiger partial charge in [0.25, 0.3) is 16.0 Å². The van der Waals surface area contributed by atoms with Gasteiger partial charge in [0, 0.05) is 18.7 Å². The van der Waals surface area contributed by atoms with E-state index in [2.05, 4.69) is 15.3 Å². The third kappa shape index (κ3) is 6.03. The molecule has 1 heterocycles. The van der Waals surface area contributed by atoms with Gasteiger partial charge in [-0.1, -0.05) is 0 Å². The zero-order chi connectivity index (χ0) is 25.1. The van der Waals surface area contributed by atoms with Gasteiger partial charge in [-0.15, -0.1) is 0 Å². The Morgan fingerprint density at radius 1 is 1.06 bits per heavy atom. The van der Waals surface area contributed by atoms with Gasteiger partial charge in [-0.25, -0.2) is 9.97 Å². The number of benzene rings is 2. The molecule has 0 unspecified atom stereocenters. The van der Waals surface area contributed by atoms with Crippen molar-refractivity contribution in [2.75, 3.05) is 33.4 Å². The average Bonchev–Trinajstić information content (AvgIpc) is 2.70. The van der Waals surface area contributed by atoms with E-state index in [-0.39, 0.29) is 50.3 Å². The first-order chi connectivity index (χ1) is 15.3. The first-order valence-electron chi connectivity index (χ1n) is 9.44. The molecule has 0 fully saturated rings. The molecule has 3 rings (SSSR count). The van der Waals surface area contributed by atoms with Crippen molar-refractivity contribution in [2.45, 2.75) is 6.92 Å². The smallest absolute Gasteiger partial charge is 0.261 e. The lowest BCUT2D eigenvalue weighted by atomic mass is 10.0. The van der Waals surface area contributed by atoms with Crippen LogP contribution in [0.3, 0.4) is 0 Å². The van der Waals surface area contributed by atoms with E-state index in [1.54, 1.807) is 0 Å². The summed E-state index contributed by atoms with van der Waals surface area (Å²) in [5, 5.41) is 33.4. The molecule has 3 aromatic rings. The molecule has 0 aliphatic carbocycles. The van der Waals surface area contributed by atoms with Crippen molar-refractivity contribution < 1.29 is 37.9 Å². The number of phenolic OH excluding ortho intramolecular Hbond substituents is 3. The summed E-state index contributed by atoms with van der Waals surface area (Å²) in [6, 6.07) is 2.71. The van der Waals surface area contributed by atoms with Gasteiger partial charge in [0.05, 0.1) is 17.4 Å². The number of aldehydes is 1. The molecular formula is C20H24N4O8S. The van der Waals surface area contributed by atoms with E-state index in [4.69, 9.17) is 4.55 Å². The molecule has 33 heavy (non-hydrogen) atoms. The van der Waals surface area contributed by atoms with E-state index in [1.165, 1.54) is 19.1 Å². The van der Waals surface area contributed by atoms with E-state index in [9.17, 15) is 33.3 Å². The summed E-state index contributed by atoms with van der Waals surface area (Å²) in [6.07, 6.45) is 1.12. The van der Waals surface area contributed by atoms with E-state index < -0.39 is 21.8 Å². The molecule has 13 heteroatoms. The summed E-state index contributed by atoms with van der Waals surface area (Å²) < 4.78 is 25.9. The fourth-order valence-corrected chi connectivity index (χ4v) is 2.86. The SMILES string of the molecule is CS(=O)(=O)O.Cc1c(O)c(C=O)c2nc3c(O)ccc(C(=O)NCCN(C)C)c3nc2c1O. The highest BCUT2D eigenvalue weighted by Gasteiger charge is 2.22. The number of rotatable bonds is 5. The molecule has 2 aromatic carbocycles. The fraction of sp³-hybridized carbons (Fsp3) is 0.300. The first-order valence-corrected chi connectivity index (χ1v) is 11.3. The summed E-state index contributed by atoms with van der Waals surface area (Å²) in [5.74, 6) is -1.42. The van der Waals surface area contributed by atoms with Gasteiger partial charge >= 0.3 is 0 Å². The number of nitrogens with zero attached hydrogens (tertiary/aromatic N) is 3. The average molecular weight is 480 g/mol. The quantitative estimate of drug-likeness (QED) is 0.197. The Morgan fingerprint density at radius 2 is 1.64 bits per heavy atom. The van der Waals surface area contributed by atoms with Gasteiger partial charge in [-0.2, -0.15) is 8.42 Å². The van der Waals surface area contributed by atoms with Crippen LogP contribution in [0.15, 0.2) is 12.1 Å². The summed E-state index contributed by atoms with van der Waals surface area (Å²) in [5.41, 5.74) is 0.0334. The van der Waals surface area contributed by atoms with Crippen LogP contribution >= 0.6 is 0 Å². The lowest BCUT2D eigenvalue weighted by molar-refractivity contribution is 0.0952. The van der Waals surface area contributed by atoms with Crippen LogP contribution in [0.5, 0.6) is 17.2 Å². The van der Waals surface area contributed by atoms with Gasteiger partial charge in [0.1, 0.15) is 39.3 Å². The van der Waals surface area contributed by atoms with Crippen molar-refractivity contribution in [3.63, 3.8) is 0 Å². The van der Waals surface area contributed by atoms with Gasteiger partial charge < -0.3 is 25.5 Å². The third-order valence-electron chi connectivity index (χ3n) is 4.45. The highest BCUT2D eigenvalue weighted by Crippen LogP contribution is 2.38. The second kappa shape index (κ2) is 9.94. The molecule has 1 amide bonds. The number of aromatic hydroxyl groups is 3. The Morgan fingerprint density at radius 3 is 2.18 bits per heavy atom. The maximum Gasteiger partial charge on any atom is 0.261 e. The molecule has 0 bridgehead atoms. The zero-order valence-electron chi connectivity index (χ0n) is 18.3. The molecule has 0 saturated heterocycles. The third-order valence-corrected chi connectivity index (χ3v) is 4.45. The molecule has 0 aliphatic rings. The van der Waals surface area contributed by atoms with E-state index in [0.29, 0.717) is 25.6 Å². The lowest BCUT2D eigenvalue weighted by Gasteiger charge is -2.13. The minimum Gasteiger partial charge on any atom is -0.507 e. The number of hydrogen-bond donors (Lipinski definition) is 5. The minimum atomic E-state index is -3.67. The largest absolute Gasteiger partial charge is 0.507 e. The number of nitrogens with one attached hydrogen (secondary N) is 1. The van der Waals surface area contributed by atoms with Crippen LogP contribution in [0, 0.1) is 6.92 Å². The van der Waals surface area contributed by atoms with Crippen molar-refractivity contribution in [1.82, 2.24) is 20.2 Å². The van der Waals surface area contributed by atoms with Crippen LogP contribution in [-0.4, -0.2) is 88.8 Å². The van der Waals surface area contributed by atoms with Crippen LogP contribution in [0.1, 0.15) is 26.3 Å². The molecule has 0 aliphatic heterocycles. The maximum atomic E-state index is 12.6. The fourth-order valence-electron chi connectivity index (χ4n) is 2.86. The number of carbonyl (C=O) groups excluding carboxylic acids is 2. The molecular weight excluding hydrogens is 456 g/mol. The van der Waals surface area contributed by atoms with Crippen LogP contribution in [0.4, 0.5) is 0 Å². The number of aromatic nitrogens is 2. The number of carbonyl (C=O) groups is 2. The van der Waals surface area contributed by atoms with Crippen LogP contribution in [0.25, 0.3) is 22.1 Å². The van der Waals surface area contributed by atoms with Crippen molar-refractivity contribution >= 4 is 44.4 Å². The molecule has 178 valence electrons. The van der Waals surface area contributed by atoms with E-state index >= 15 is 0 Å². The van der Waals surface area contributed by atoms with Gasteiger partial charge in [0.15, 0.2) is 6.29 Å². The Hall–Kier alpha value is -3.55. The maximum absolute atomic E-state index is 12.6. The van der Waals surface area contributed by atoms with Crippen LogP contribution < -0.4 is 5.32 Å². The molecule has 0 radical (unpaired) electrons. The number of phenols is 3. The summed E-state index contributed by atoms with van der Waals surface area (Å²) in [6.45, 7) is 2.47. The summed E-state index contributed by atoms with van der Waals surface area (Å²) >= 11 is 0. The van der Waals surface area contributed by atoms with Gasteiger partial charge in [-0.3, -0.25) is 14.1 Å². The number of hydrogen-bond acceptors (Lipinski definition) is 10. The normalized spacial score (nSPS) is 11.3. The zero-order valence-corrected chi connectivity index (χ0v) is 19.1. The summed E-state index contributed by atoms with van der Waals surface area (Å²) in [4.78, 5) is 34.4. The molecule has 0 saturated carbocycles. The second-order valence-corrected chi connectivity index (χ2v) is 8.86. The van der Waals surface area contributed by atoms with Crippen LogP contribution in [-0.2, 0) is 10.1 Å². The lowest BCUT2D eigenvalue weighted by Crippen LogP contribution is -2.31. The monoisotopic (exact) mass is 480 g/mol. The standard InChI is InChI=1S/C19H20N4O5.CH4O3S/c1-9-17(26)11(8-24)14-16(18(9)27)22-13-10(4-5-12(25)15(13)21-14)19(28)20-6-7-23(2)3;1-5(2,3)4/h4-5,8,25-27H,6-7H2,1-3H3,(H,20,28);1H3,(H,2,3,4). The van der Waals surface area contributed by atoms with Crippen LogP contribution in [0.2, 0.25) is 0 Å². The van der Waals surface area contributed by atoms with Crippen molar-refractivity contribution in [1.29, 1.82) is 0 Å². The molecule has 0 spiro atoms. The Kier molecular flexibility index (Phi) is 7.74. The predicted molar refractivity (Wildman–Crippen MR) is 121 cm³/mol. The summed E-state index contributed by atoms with van der Waals surface area (Å²) in [7, 11) is 0.0930. The highest BCUT2D eigenvalue weighted by molar-refractivity contribution is 7.85. The van der Waals surface area contributed by atoms with Crippen molar-refractivity contribution in [2.24, 2.45) is 0 Å². The van der Waals surface area contributed by atoms with Crippen molar-refractivity contribution in [3.8, 4) is 17.2 Å². The number of amides is 1. The topological polar surface area (TPSA) is 190 Å². The molecule has 0 atom stereocenters. The predicted octanol–water partition coefficient (Wildman–Crippen LogP) is 0.816. The number of fused-ring (bicyclic) bond motifs is 2. The van der Waals surface area contributed by atoms with E-state index in [1.807, 2.05) is 19.0 Å². The Bertz CT molecular complexity index is 1330. The van der Waals surface area contributed by atoms with Gasteiger partial charge in [0.2, 0.25) is 0 Å².